The van der Waals surface area contributed by atoms with Crippen molar-refractivity contribution in [3.05, 3.63) is 157 Å². The van der Waals surface area contributed by atoms with Gasteiger partial charge in [0.05, 0.1) is 76.7 Å². The number of aliphatic carboxylic acids is 2. The SMILES string of the molecule is C.CNC(=O)C1C(C(=O)O)C2C(C(=O)O)C(C(=O)Nc3ccc(Oc4ccc(C)cc4)cc3)C12.Cc1ccc(Oc2ccc(N3C(=O)C4C(C3=O)C3C5C(=O)N(C)C(=O)C5C43)cc2)cc1.Nc1ccc(Oc2ccc(N)cc2)cc1.O.O.O=C1OC(=O)C2C1C1C3C(=O)OC(=O)C3C21. The molecule has 4 saturated heterocycles. The Kier molecular flexibility index (Phi) is 18.9. The molecule has 27 heteroatoms. The molecule has 0 spiro atoms. The van der Waals surface area contributed by atoms with Gasteiger partial charge in [-0.25, -0.2) is 0 Å². The third kappa shape index (κ3) is 11.5. The Morgan fingerprint density at radius 1 is 0.408 bits per heavy atom. The Morgan fingerprint density at radius 2 is 0.694 bits per heavy atom. The number of carboxylic acids is 2. The Bertz CT molecular complexity index is 4030. The van der Waals surface area contributed by atoms with E-state index in [1.54, 1.807) is 72.8 Å². The molecular weight excluding hydrogens is 1270 g/mol. The summed E-state index contributed by atoms with van der Waals surface area (Å²) in [6.45, 7) is 3.97. The number of rotatable bonds is 12. The lowest BCUT2D eigenvalue weighted by Crippen LogP contribution is -2.73. The summed E-state index contributed by atoms with van der Waals surface area (Å²) in [5.74, 6) is -13.0. The van der Waals surface area contributed by atoms with E-state index in [0.717, 1.165) is 38.9 Å². The second-order valence-electron chi connectivity index (χ2n) is 25.4. The third-order valence-corrected chi connectivity index (χ3v) is 20.5. The lowest BCUT2D eigenvalue weighted by molar-refractivity contribution is -0.221. The maximum Gasteiger partial charge on any atom is 0.317 e. The van der Waals surface area contributed by atoms with Crippen molar-refractivity contribution < 1.29 is 102 Å². The van der Waals surface area contributed by atoms with Crippen LogP contribution in [0.3, 0.4) is 0 Å². The summed E-state index contributed by atoms with van der Waals surface area (Å²) in [4.78, 5) is 147. The number of nitrogens with zero attached hydrogens (tertiary/aromatic N) is 2. The minimum absolute atomic E-state index is 0. The van der Waals surface area contributed by atoms with Crippen LogP contribution in [0.4, 0.5) is 22.7 Å². The molecule has 16 atom stereocenters. The Labute approximate surface area is 559 Å². The zero-order chi connectivity index (χ0) is 67.3. The molecule has 0 bridgehead atoms. The van der Waals surface area contributed by atoms with Gasteiger partial charge in [-0.3, -0.25) is 67.3 Å². The predicted octanol–water partition coefficient (Wildman–Crippen LogP) is 5.26. The van der Waals surface area contributed by atoms with Gasteiger partial charge in [0.1, 0.15) is 34.5 Å². The largest absolute Gasteiger partial charge is 0.481 e. The number of nitrogen functional groups attached to an aromatic ring is 2. The van der Waals surface area contributed by atoms with E-state index in [1.807, 2.05) is 86.6 Å². The molecule has 98 heavy (non-hydrogen) atoms. The number of imide groups is 2. The Balaban J connectivity index is 0.000000147. The number of carbonyl (C=O) groups excluding carboxylic acids is 10. The summed E-state index contributed by atoms with van der Waals surface area (Å²) in [6, 6.07) is 43.1. The van der Waals surface area contributed by atoms with Crippen LogP contribution in [0.1, 0.15) is 18.6 Å². The fourth-order valence-corrected chi connectivity index (χ4v) is 16.1. The number of fused-ring (bicyclic) bond motifs is 15. The van der Waals surface area contributed by atoms with Crippen LogP contribution in [0.5, 0.6) is 34.5 Å². The van der Waals surface area contributed by atoms with Gasteiger partial charge in [-0.05, 0) is 171 Å². The van der Waals surface area contributed by atoms with Gasteiger partial charge in [-0.2, -0.15) is 0 Å². The molecule has 4 heterocycles. The second kappa shape index (κ2) is 26.7. The molecule has 4 aliphatic heterocycles. The summed E-state index contributed by atoms with van der Waals surface area (Å²) < 4.78 is 26.2. The molecule has 0 aromatic heterocycles. The Morgan fingerprint density at radius 3 is 1.03 bits per heavy atom. The highest BCUT2D eigenvalue weighted by Gasteiger charge is 2.81. The summed E-state index contributed by atoms with van der Waals surface area (Å²) in [5.41, 5.74) is 15.7. The van der Waals surface area contributed by atoms with Gasteiger partial charge in [0, 0.05) is 31.2 Å². The number of ether oxygens (including phenoxy) is 5. The van der Waals surface area contributed by atoms with Crippen molar-refractivity contribution in [3.63, 3.8) is 0 Å². The van der Waals surface area contributed by atoms with Crippen molar-refractivity contribution in [2.24, 2.45) is 107 Å². The van der Waals surface area contributed by atoms with Gasteiger partial charge in [0.2, 0.25) is 35.4 Å². The number of anilines is 4. The highest BCUT2D eigenvalue weighted by Crippen LogP contribution is 2.71. The predicted molar refractivity (Wildman–Crippen MR) is 344 cm³/mol. The first-order valence-electron chi connectivity index (χ1n) is 30.7. The van der Waals surface area contributed by atoms with Crippen LogP contribution in [-0.2, 0) is 67.0 Å². The number of amides is 6. The smallest absolute Gasteiger partial charge is 0.317 e. The van der Waals surface area contributed by atoms with E-state index >= 15 is 0 Å². The molecule has 12 N–H and O–H groups in total. The van der Waals surface area contributed by atoms with E-state index < -0.39 is 130 Å². The highest BCUT2D eigenvalue weighted by molar-refractivity contribution is 6.24. The quantitative estimate of drug-likeness (QED) is 0.0394. The van der Waals surface area contributed by atoms with Gasteiger partial charge in [-0.1, -0.05) is 42.8 Å². The lowest BCUT2D eigenvalue weighted by Gasteiger charge is -2.63. The van der Waals surface area contributed by atoms with Crippen molar-refractivity contribution in [1.29, 1.82) is 0 Å². The first-order chi connectivity index (χ1) is 45.4. The Hall–Kier alpha value is -11.3. The summed E-state index contributed by atoms with van der Waals surface area (Å²) in [5, 5.41) is 24.2. The summed E-state index contributed by atoms with van der Waals surface area (Å²) >= 11 is 0. The molecule has 6 aromatic carbocycles. The topological polar surface area (TPSA) is 437 Å². The molecule has 6 aromatic rings. The van der Waals surface area contributed by atoms with Crippen LogP contribution in [0.25, 0.3) is 0 Å². The highest BCUT2D eigenvalue weighted by atomic mass is 16.6. The van der Waals surface area contributed by atoms with E-state index in [-0.39, 0.29) is 65.7 Å². The van der Waals surface area contributed by atoms with Gasteiger partial charge in [0.25, 0.3) is 0 Å². The van der Waals surface area contributed by atoms with Crippen LogP contribution in [0.2, 0.25) is 0 Å². The number of hydrogen-bond acceptors (Lipinski definition) is 19. The van der Waals surface area contributed by atoms with Crippen LogP contribution >= 0.6 is 0 Å². The average Bonchev–Trinajstić information content (AvgIpc) is 1.43. The molecule has 10 aliphatic rings. The number of benzene rings is 6. The first kappa shape index (κ1) is 69.5. The second-order valence-corrected chi connectivity index (χ2v) is 25.4. The molecule has 6 amide bonds. The van der Waals surface area contributed by atoms with Crippen LogP contribution < -0.4 is 41.2 Å². The number of likely N-dealkylation sites (tertiary alicyclic amines) is 1. The van der Waals surface area contributed by atoms with Crippen molar-refractivity contribution in [2.45, 2.75) is 21.3 Å². The normalized spacial score (nSPS) is 29.6. The van der Waals surface area contributed by atoms with Crippen LogP contribution in [0.15, 0.2) is 146 Å². The maximum atomic E-state index is 13.1. The van der Waals surface area contributed by atoms with Gasteiger partial charge < -0.3 is 67.0 Å². The van der Waals surface area contributed by atoms with Crippen molar-refractivity contribution >= 4 is 94.0 Å². The summed E-state index contributed by atoms with van der Waals surface area (Å²) in [6.07, 6.45) is 0. The number of aryl methyl sites for hydroxylation is 2. The zero-order valence-electron chi connectivity index (χ0n) is 52.1. The molecule has 16 unspecified atom stereocenters. The molecule has 0 radical (unpaired) electrons. The fourth-order valence-electron chi connectivity index (χ4n) is 16.1. The van der Waals surface area contributed by atoms with E-state index in [2.05, 4.69) is 20.1 Å². The molecule has 6 saturated carbocycles. The molecule has 6 aliphatic carbocycles. The molecule has 510 valence electrons. The number of nitrogens with one attached hydrogen (secondary N) is 2. The molecule has 10 fully saturated rings. The maximum absolute atomic E-state index is 13.1. The number of carbonyl (C=O) groups is 12. The van der Waals surface area contributed by atoms with Gasteiger partial charge >= 0.3 is 35.8 Å². The van der Waals surface area contributed by atoms with Crippen molar-refractivity contribution in [1.82, 2.24) is 10.2 Å². The standard InChI is InChI=1S/C24H24N2O7.C24H20N2O5.C12H12N2O.C10H6O6.CH4.2H2O/c1-11-3-7-13(8-4-11)33-14-9-5-12(6-10-14)26-22(28)18-15-16(20(18)24(31)32)19(23(29)30)17(15)21(27)25-2;1-11-3-7-13(8-4-11)31-14-9-5-12(6-10-14)26-23(29)19-15-16(20(19)24(26)30)18-17(15)21(27)25(2)22(18)28;13-9-1-5-11(6-2-9)15-12-7-3-10(14)4-8-12;11-7-3-1-2(5(3)9(13)15-7)6-4(1)8(12)16-10(6)14;;;/h3-10,15-20H,1-2H3,(H,25,27)(H,26,28)(H,29,30)(H,31,32);3-10,15-20H,1-2H3;1-8H,13-14H2;1-6H;1H4;2*1H2. The zero-order valence-corrected chi connectivity index (χ0v) is 52.1. The van der Waals surface area contributed by atoms with Crippen LogP contribution in [-0.4, -0.2) is 111 Å². The number of esters is 4. The van der Waals surface area contributed by atoms with Gasteiger partial charge in [-0.15, -0.1) is 0 Å². The number of nitrogens with two attached hydrogens (primary N) is 2. The first-order valence-corrected chi connectivity index (χ1v) is 30.7. The number of carboxylic acid groups (broad SMARTS) is 2. The minimum Gasteiger partial charge on any atom is -0.481 e. The summed E-state index contributed by atoms with van der Waals surface area (Å²) in [7, 11) is 2.87. The minimum atomic E-state index is -1.24. The van der Waals surface area contributed by atoms with Crippen LogP contribution in [0, 0.1) is 120 Å². The number of hydrogen-bond donors (Lipinski definition) is 6. The van der Waals surface area contributed by atoms with E-state index in [1.165, 1.54) is 19.0 Å². The van der Waals surface area contributed by atoms with E-state index in [9.17, 15) is 67.7 Å². The average molecular weight is 1340 g/mol. The van der Waals surface area contributed by atoms with E-state index in [0.29, 0.717) is 34.4 Å². The monoisotopic (exact) mass is 1340 g/mol. The molecule has 27 nitrogen and oxygen atoms in total. The van der Waals surface area contributed by atoms with Gasteiger partial charge in [0.15, 0.2) is 0 Å². The molecular formula is C71H70N6O21. The van der Waals surface area contributed by atoms with Crippen molar-refractivity contribution in [3.8, 4) is 34.5 Å². The number of cyclic esters (lactones) is 4. The lowest BCUT2D eigenvalue weighted by atomic mass is 9.37. The molecule has 16 rings (SSSR count). The van der Waals surface area contributed by atoms with Crippen molar-refractivity contribution in [2.75, 3.05) is 35.8 Å². The fraction of sp³-hybridized carbons (Fsp3) is 0.324. The third-order valence-electron chi connectivity index (χ3n) is 20.5. The van der Waals surface area contributed by atoms with E-state index in [4.69, 9.17) is 25.7 Å².